The van der Waals surface area contributed by atoms with Crippen LogP contribution >= 0.6 is 11.3 Å². The summed E-state index contributed by atoms with van der Waals surface area (Å²) in [5, 5.41) is 2.07. The molecule has 3 heterocycles. The van der Waals surface area contributed by atoms with Gasteiger partial charge in [0, 0.05) is 37.6 Å². The van der Waals surface area contributed by atoms with Crippen molar-refractivity contribution in [1.29, 1.82) is 0 Å². The highest BCUT2D eigenvalue weighted by molar-refractivity contribution is 7.10. The SMILES string of the molecule is COc1ccccc1C(=O)N1CCN(C(=O)CN2CCc3sccc3[C@H]2c2cccc(F)c2)CC1. The normalized spacial score (nSPS) is 18.3. The standard InChI is InChI=1S/C27H28FN3O3S/c1-34-23-8-3-2-7-21(23)27(33)30-14-12-29(13-15-30)25(32)18-31-11-9-24-22(10-16-35-24)26(31)19-5-4-6-20(28)17-19/h2-8,10,16-17,26H,9,11-15,18H2,1H3/t26-/m1/s1. The molecule has 0 aliphatic carbocycles. The minimum absolute atomic E-state index is 0.0365. The number of piperazine rings is 1. The summed E-state index contributed by atoms with van der Waals surface area (Å²) in [6.07, 6.45) is 0.882. The molecule has 2 amide bonds. The number of carbonyl (C=O) groups is 2. The number of methoxy groups -OCH3 is 1. The number of amides is 2. The smallest absolute Gasteiger partial charge is 0.257 e. The molecule has 2 aromatic carbocycles. The Morgan fingerprint density at radius 3 is 2.54 bits per heavy atom. The predicted octanol–water partition coefficient (Wildman–Crippen LogP) is 3.83. The number of hydrogen-bond acceptors (Lipinski definition) is 5. The molecule has 1 saturated heterocycles. The van der Waals surface area contributed by atoms with Gasteiger partial charge in [0.2, 0.25) is 5.91 Å². The summed E-state index contributed by atoms with van der Waals surface area (Å²) >= 11 is 1.72. The van der Waals surface area contributed by atoms with Gasteiger partial charge in [-0.25, -0.2) is 4.39 Å². The van der Waals surface area contributed by atoms with E-state index in [1.807, 2.05) is 23.1 Å². The van der Waals surface area contributed by atoms with E-state index in [0.29, 0.717) is 37.5 Å². The van der Waals surface area contributed by atoms with E-state index in [2.05, 4.69) is 16.3 Å². The van der Waals surface area contributed by atoms with Gasteiger partial charge in [-0.3, -0.25) is 14.5 Å². The number of rotatable bonds is 5. The van der Waals surface area contributed by atoms with Crippen LogP contribution in [0.2, 0.25) is 0 Å². The second-order valence-corrected chi connectivity index (χ2v) is 9.85. The van der Waals surface area contributed by atoms with Gasteiger partial charge in [-0.05, 0) is 53.3 Å². The first-order valence-electron chi connectivity index (χ1n) is 11.8. The lowest BCUT2D eigenvalue weighted by Gasteiger charge is -2.39. The third-order valence-corrected chi connectivity index (χ3v) is 7.82. The Labute approximate surface area is 208 Å². The molecular weight excluding hydrogens is 465 g/mol. The van der Waals surface area contributed by atoms with Gasteiger partial charge in [0.1, 0.15) is 11.6 Å². The zero-order chi connectivity index (χ0) is 24.4. The van der Waals surface area contributed by atoms with Crippen LogP contribution in [0.15, 0.2) is 60.0 Å². The molecule has 2 aliphatic rings. The molecule has 1 fully saturated rings. The molecule has 0 N–H and O–H groups in total. The zero-order valence-corrected chi connectivity index (χ0v) is 20.5. The molecule has 3 aromatic rings. The van der Waals surface area contributed by atoms with Gasteiger partial charge in [-0.2, -0.15) is 0 Å². The van der Waals surface area contributed by atoms with Crippen LogP contribution in [0.1, 0.15) is 32.4 Å². The minimum atomic E-state index is -0.271. The average Bonchev–Trinajstić information content (AvgIpc) is 3.37. The van der Waals surface area contributed by atoms with Crippen molar-refractivity contribution in [3.8, 4) is 5.75 Å². The number of fused-ring (bicyclic) bond motifs is 1. The molecule has 0 saturated carbocycles. The van der Waals surface area contributed by atoms with Gasteiger partial charge in [0.25, 0.3) is 5.91 Å². The molecule has 0 bridgehead atoms. The Bertz CT molecular complexity index is 1220. The lowest BCUT2D eigenvalue weighted by Crippen LogP contribution is -2.53. The number of para-hydroxylation sites is 1. The molecule has 0 spiro atoms. The highest BCUT2D eigenvalue weighted by Gasteiger charge is 2.33. The average molecular weight is 494 g/mol. The fraction of sp³-hybridized carbons (Fsp3) is 0.333. The Balaban J connectivity index is 1.26. The van der Waals surface area contributed by atoms with Crippen LogP contribution in [0.25, 0.3) is 0 Å². The van der Waals surface area contributed by atoms with Crippen LogP contribution in [-0.2, 0) is 11.2 Å². The summed E-state index contributed by atoms with van der Waals surface area (Å²) in [5.41, 5.74) is 2.56. The quantitative estimate of drug-likeness (QED) is 0.542. The van der Waals surface area contributed by atoms with Crippen molar-refractivity contribution in [3.63, 3.8) is 0 Å². The monoisotopic (exact) mass is 493 g/mol. The van der Waals surface area contributed by atoms with Crippen molar-refractivity contribution in [3.05, 3.63) is 87.4 Å². The molecule has 1 atom stereocenters. The van der Waals surface area contributed by atoms with Crippen LogP contribution in [0.4, 0.5) is 4.39 Å². The van der Waals surface area contributed by atoms with E-state index in [-0.39, 0.29) is 30.2 Å². The Morgan fingerprint density at radius 2 is 1.77 bits per heavy atom. The molecule has 2 aliphatic heterocycles. The van der Waals surface area contributed by atoms with Crippen molar-refractivity contribution in [2.24, 2.45) is 0 Å². The maximum absolute atomic E-state index is 14.0. The van der Waals surface area contributed by atoms with Crippen LogP contribution in [0.5, 0.6) is 5.75 Å². The van der Waals surface area contributed by atoms with Gasteiger partial charge in [0.05, 0.1) is 25.3 Å². The first-order chi connectivity index (χ1) is 17.0. The van der Waals surface area contributed by atoms with Crippen molar-refractivity contribution in [2.75, 3.05) is 46.4 Å². The van der Waals surface area contributed by atoms with E-state index in [1.54, 1.807) is 47.6 Å². The Kier molecular flexibility index (Phi) is 6.83. The highest BCUT2D eigenvalue weighted by Crippen LogP contribution is 2.37. The topological polar surface area (TPSA) is 53.1 Å². The largest absolute Gasteiger partial charge is 0.496 e. The van der Waals surface area contributed by atoms with Crippen LogP contribution in [0.3, 0.4) is 0 Å². The molecule has 8 heteroatoms. The third-order valence-electron chi connectivity index (χ3n) is 6.83. The van der Waals surface area contributed by atoms with Gasteiger partial charge in [0.15, 0.2) is 0 Å². The van der Waals surface area contributed by atoms with Gasteiger partial charge >= 0.3 is 0 Å². The number of carbonyl (C=O) groups excluding carboxylic acids is 2. The first kappa shape index (κ1) is 23.5. The lowest BCUT2D eigenvalue weighted by molar-refractivity contribution is -0.134. The summed E-state index contributed by atoms with van der Waals surface area (Å²) in [5.74, 6) is 0.237. The second kappa shape index (κ2) is 10.2. The van der Waals surface area contributed by atoms with E-state index in [9.17, 15) is 14.0 Å². The maximum Gasteiger partial charge on any atom is 0.257 e. The van der Waals surface area contributed by atoms with Crippen LogP contribution < -0.4 is 4.74 Å². The van der Waals surface area contributed by atoms with E-state index in [0.717, 1.165) is 24.1 Å². The van der Waals surface area contributed by atoms with Crippen LogP contribution in [0, 0.1) is 5.82 Å². The fourth-order valence-electron chi connectivity index (χ4n) is 5.03. The van der Waals surface area contributed by atoms with Crippen molar-refractivity contribution >= 4 is 23.2 Å². The maximum atomic E-state index is 14.0. The molecule has 35 heavy (non-hydrogen) atoms. The van der Waals surface area contributed by atoms with E-state index in [4.69, 9.17) is 4.74 Å². The van der Waals surface area contributed by atoms with E-state index in [1.165, 1.54) is 10.9 Å². The highest BCUT2D eigenvalue weighted by atomic mass is 32.1. The number of nitrogens with zero attached hydrogens (tertiary/aromatic N) is 3. The molecule has 0 unspecified atom stereocenters. The van der Waals surface area contributed by atoms with Gasteiger partial charge in [-0.15, -0.1) is 11.3 Å². The second-order valence-electron chi connectivity index (χ2n) is 8.85. The first-order valence-corrected chi connectivity index (χ1v) is 12.7. The molecule has 6 nitrogen and oxygen atoms in total. The van der Waals surface area contributed by atoms with Crippen molar-refractivity contribution in [2.45, 2.75) is 12.5 Å². The lowest BCUT2D eigenvalue weighted by atomic mass is 9.93. The van der Waals surface area contributed by atoms with Crippen molar-refractivity contribution < 1.29 is 18.7 Å². The fourth-order valence-corrected chi connectivity index (χ4v) is 5.93. The molecule has 5 rings (SSSR count). The zero-order valence-electron chi connectivity index (χ0n) is 19.7. The molecule has 182 valence electrons. The van der Waals surface area contributed by atoms with Gasteiger partial charge in [-0.1, -0.05) is 24.3 Å². The van der Waals surface area contributed by atoms with Crippen LogP contribution in [-0.4, -0.2) is 72.9 Å². The number of thiophene rings is 1. The van der Waals surface area contributed by atoms with E-state index < -0.39 is 0 Å². The molecule has 0 radical (unpaired) electrons. The van der Waals surface area contributed by atoms with Crippen molar-refractivity contribution in [1.82, 2.24) is 14.7 Å². The Morgan fingerprint density at radius 1 is 1.00 bits per heavy atom. The number of hydrogen-bond donors (Lipinski definition) is 0. The van der Waals surface area contributed by atoms with Gasteiger partial charge < -0.3 is 14.5 Å². The van der Waals surface area contributed by atoms with E-state index >= 15 is 0 Å². The Hall–Kier alpha value is -3.23. The summed E-state index contributed by atoms with van der Waals surface area (Å²) in [6.45, 7) is 2.93. The molecule has 1 aromatic heterocycles. The molecular formula is C27H28FN3O3S. The summed E-state index contributed by atoms with van der Waals surface area (Å²) in [4.78, 5) is 33.3. The minimum Gasteiger partial charge on any atom is -0.496 e. The number of benzene rings is 2. The summed E-state index contributed by atoms with van der Waals surface area (Å²) < 4.78 is 19.4. The number of halogens is 1. The summed E-state index contributed by atoms with van der Waals surface area (Å²) in [7, 11) is 1.56. The third kappa shape index (κ3) is 4.81. The predicted molar refractivity (Wildman–Crippen MR) is 133 cm³/mol. The number of ether oxygens (including phenoxy) is 1. The summed E-state index contributed by atoms with van der Waals surface area (Å²) in [6, 6.07) is 15.8.